The monoisotopic (exact) mass is 631 g/mol. The first kappa shape index (κ1) is 33.5. The van der Waals surface area contributed by atoms with E-state index in [1.54, 1.807) is 18.2 Å². The van der Waals surface area contributed by atoms with E-state index in [1.165, 1.54) is 5.70 Å². The van der Waals surface area contributed by atoms with Crippen molar-refractivity contribution in [3.05, 3.63) is 114 Å². The van der Waals surface area contributed by atoms with Crippen LogP contribution in [0.3, 0.4) is 0 Å². The maximum Gasteiger partial charge on any atom is 0.181 e. The van der Waals surface area contributed by atoms with Gasteiger partial charge in [-0.05, 0) is 106 Å². The summed E-state index contributed by atoms with van der Waals surface area (Å²) in [4.78, 5) is 14.9. The lowest BCUT2D eigenvalue weighted by Crippen LogP contribution is -2.15. The van der Waals surface area contributed by atoms with Gasteiger partial charge >= 0.3 is 0 Å². The SMILES string of the molecule is C=C/C=C(/c1cc(F)cc(C(C)CCN(C)C)c1)c1cc(-c2[nH]nc3ncc(-c4cncc(N/C(=C\C)CC(C)C)c4)cc23)[nH]c1C. The fourth-order valence-corrected chi connectivity index (χ4v) is 5.90. The molecule has 0 fully saturated rings. The van der Waals surface area contributed by atoms with Crippen LogP contribution in [0.5, 0.6) is 0 Å². The van der Waals surface area contributed by atoms with Crippen molar-refractivity contribution < 1.29 is 4.39 Å². The second-order valence-corrected chi connectivity index (χ2v) is 13.0. The van der Waals surface area contributed by atoms with Gasteiger partial charge in [0.1, 0.15) is 5.82 Å². The van der Waals surface area contributed by atoms with Crippen LogP contribution in [0.25, 0.3) is 39.1 Å². The fraction of sp³-hybridized carbons (Fsp3) is 0.308. The molecule has 4 aromatic heterocycles. The standard InChI is InChI=1S/C39H46FN7/c1-9-11-34(28-15-27(16-31(40)17-28)25(5)12-13-47(7)8)35-20-37(43-26(35)6)38-36-19-30(22-42-39(36)46-45-38)29-18-33(23-41-21-29)44-32(10-2)14-24(3)4/h9-11,15-25,43-44H,1,12-14H2,2-8H3,(H,42,45,46)/b32-10-,34-11-. The van der Waals surface area contributed by atoms with Crippen LogP contribution in [-0.4, -0.2) is 50.7 Å². The van der Waals surface area contributed by atoms with Crippen LogP contribution in [0.15, 0.2) is 85.5 Å². The van der Waals surface area contributed by atoms with Crippen molar-refractivity contribution in [2.45, 2.75) is 53.4 Å². The number of hydrogen-bond donors (Lipinski definition) is 3. The summed E-state index contributed by atoms with van der Waals surface area (Å²) in [5.41, 5.74) is 10.9. The van der Waals surface area contributed by atoms with E-state index in [0.29, 0.717) is 11.6 Å². The van der Waals surface area contributed by atoms with Crippen molar-refractivity contribution >= 4 is 22.3 Å². The Bertz CT molecular complexity index is 1920. The van der Waals surface area contributed by atoms with Gasteiger partial charge in [-0.3, -0.25) is 10.1 Å². The van der Waals surface area contributed by atoms with Gasteiger partial charge in [0.05, 0.1) is 23.3 Å². The molecule has 0 amide bonds. The Balaban J connectivity index is 1.49. The predicted molar refractivity (Wildman–Crippen MR) is 194 cm³/mol. The molecular weight excluding hydrogens is 585 g/mol. The minimum Gasteiger partial charge on any atom is -0.358 e. The minimum atomic E-state index is -0.244. The molecule has 0 radical (unpaired) electrons. The lowest BCUT2D eigenvalue weighted by molar-refractivity contribution is 0.386. The number of H-pyrrole nitrogens is 2. The molecule has 244 valence electrons. The lowest BCUT2D eigenvalue weighted by atomic mass is 9.91. The average molecular weight is 632 g/mol. The molecule has 0 aliphatic rings. The van der Waals surface area contributed by atoms with Crippen molar-refractivity contribution in [1.29, 1.82) is 0 Å². The fourth-order valence-electron chi connectivity index (χ4n) is 5.90. The van der Waals surface area contributed by atoms with E-state index in [1.807, 2.05) is 38.5 Å². The molecule has 0 aliphatic carbocycles. The van der Waals surface area contributed by atoms with Crippen molar-refractivity contribution in [2.75, 3.05) is 26.0 Å². The molecule has 0 saturated carbocycles. The van der Waals surface area contributed by atoms with Crippen molar-refractivity contribution in [2.24, 2.45) is 5.92 Å². The second kappa shape index (κ2) is 14.7. The molecule has 1 aromatic carbocycles. The molecule has 5 aromatic rings. The van der Waals surface area contributed by atoms with Gasteiger partial charge in [-0.1, -0.05) is 51.6 Å². The summed E-state index contributed by atoms with van der Waals surface area (Å²) in [6, 6.07) is 11.6. The molecule has 0 bridgehead atoms. The molecule has 7 nitrogen and oxygen atoms in total. The van der Waals surface area contributed by atoms with Gasteiger partial charge in [-0.15, -0.1) is 0 Å². The van der Waals surface area contributed by atoms with E-state index >= 15 is 4.39 Å². The number of nitrogens with zero attached hydrogens (tertiary/aromatic N) is 4. The number of aromatic amines is 2. The normalized spacial score (nSPS) is 13.1. The summed E-state index contributed by atoms with van der Waals surface area (Å²) in [5.74, 6) is 0.519. The van der Waals surface area contributed by atoms with Crippen LogP contribution in [0, 0.1) is 18.7 Å². The van der Waals surface area contributed by atoms with Crippen LogP contribution in [-0.2, 0) is 0 Å². The molecular formula is C39H46FN7. The third-order valence-corrected chi connectivity index (χ3v) is 8.43. The summed E-state index contributed by atoms with van der Waals surface area (Å²) in [6.45, 7) is 15.5. The number of pyridine rings is 2. The van der Waals surface area contributed by atoms with Crippen molar-refractivity contribution in [3.63, 3.8) is 0 Å². The quantitative estimate of drug-likeness (QED) is 0.113. The van der Waals surface area contributed by atoms with E-state index in [4.69, 9.17) is 0 Å². The Morgan fingerprint density at radius 3 is 2.55 bits per heavy atom. The molecule has 8 heteroatoms. The van der Waals surface area contributed by atoms with Crippen LogP contribution < -0.4 is 5.32 Å². The molecule has 4 heterocycles. The first-order valence-corrected chi connectivity index (χ1v) is 16.3. The molecule has 5 rings (SSSR count). The van der Waals surface area contributed by atoms with E-state index < -0.39 is 0 Å². The summed E-state index contributed by atoms with van der Waals surface area (Å²) in [7, 11) is 4.12. The largest absolute Gasteiger partial charge is 0.358 e. The third-order valence-electron chi connectivity index (χ3n) is 8.43. The van der Waals surface area contributed by atoms with Gasteiger partial charge in [0.15, 0.2) is 5.65 Å². The summed E-state index contributed by atoms with van der Waals surface area (Å²) in [6.07, 6.45) is 13.2. The number of nitrogens with one attached hydrogen (secondary N) is 3. The zero-order chi connectivity index (χ0) is 33.7. The second-order valence-electron chi connectivity index (χ2n) is 13.0. The van der Waals surface area contributed by atoms with Crippen LogP contribution >= 0.6 is 0 Å². The van der Waals surface area contributed by atoms with Gasteiger partial charge < -0.3 is 15.2 Å². The smallest absolute Gasteiger partial charge is 0.181 e. The van der Waals surface area contributed by atoms with Gasteiger partial charge in [-0.2, -0.15) is 5.10 Å². The topological polar surface area (TPSA) is 85.5 Å². The maximum atomic E-state index is 15.0. The summed E-state index contributed by atoms with van der Waals surface area (Å²) < 4.78 is 15.0. The molecule has 47 heavy (non-hydrogen) atoms. The lowest BCUT2D eigenvalue weighted by Gasteiger charge is -2.17. The van der Waals surface area contributed by atoms with Gasteiger partial charge in [0.25, 0.3) is 0 Å². The molecule has 1 unspecified atom stereocenters. The van der Waals surface area contributed by atoms with Gasteiger partial charge in [0.2, 0.25) is 0 Å². The number of fused-ring (bicyclic) bond motifs is 1. The maximum absolute atomic E-state index is 15.0. The molecule has 0 spiro atoms. The Labute approximate surface area is 277 Å². The Kier molecular flexibility index (Phi) is 10.5. The number of benzene rings is 1. The molecule has 0 aliphatic heterocycles. The van der Waals surface area contributed by atoms with Crippen LogP contribution in [0.1, 0.15) is 68.8 Å². The van der Waals surface area contributed by atoms with Gasteiger partial charge in [-0.25, -0.2) is 9.37 Å². The number of aromatic nitrogens is 5. The predicted octanol–water partition coefficient (Wildman–Crippen LogP) is 9.50. The van der Waals surface area contributed by atoms with E-state index in [2.05, 4.69) is 107 Å². The number of halogens is 1. The average Bonchev–Trinajstić information content (AvgIpc) is 3.64. The Hall–Kier alpha value is -4.82. The van der Waals surface area contributed by atoms with E-state index in [0.717, 1.165) is 80.9 Å². The highest BCUT2D eigenvalue weighted by molar-refractivity contribution is 5.94. The van der Waals surface area contributed by atoms with E-state index in [-0.39, 0.29) is 11.7 Å². The third kappa shape index (κ3) is 7.95. The Morgan fingerprint density at radius 2 is 1.83 bits per heavy atom. The zero-order valence-electron chi connectivity index (χ0n) is 28.6. The summed E-state index contributed by atoms with van der Waals surface area (Å²) >= 11 is 0. The highest BCUT2D eigenvalue weighted by Crippen LogP contribution is 2.35. The number of allylic oxidation sites excluding steroid dienone is 4. The molecule has 0 saturated heterocycles. The minimum absolute atomic E-state index is 0.217. The van der Waals surface area contributed by atoms with E-state index in [9.17, 15) is 0 Å². The van der Waals surface area contributed by atoms with Crippen molar-refractivity contribution in [1.82, 2.24) is 30.0 Å². The number of rotatable bonds is 13. The Morgan fingerprint density at radius 1 is 1.04 bits per heavy atom. The van der Waals surface area contributed by atoms with Crippen LogP contribution in [0.2, 0.25) is 0 Å². The van der Waals surface area contributed by atoms with Gasteiger partial charge in [0, 0.05) is 45.9 Å². The molecule has 3 N–H and O–H groups in total. The number of hydrogen-bond acceptors (Lipinski definition) is 5. The molecule has 1 atom stereocenters. The summed E-state index contributed by atoms with van der Waals surface area (Å²) in [5, 5.41) is 12.1. The highest BCUT2D eigenvalue weighted by atomic mass is 19.1. The zero-order valence-corrected chi connectivity index (χ0v) is 28.6. The van der Waals surface area contributed by atoms with Crippen LogP contribution in [0.4, 0.5) is 10.1 Å². The number of anilines is 1. The number of aryl methyl sites for hydroxylation is 1. The first-order valence-electron chi connectivity index (χ1n) is 16.3. The van der Waals surface area contributed by atoms with Crippen molar-refractivity contribution in [3.8, 4) is 22.5 Å². The highest BCUT2D eigenvalue weighted by Gasteiger charge is 2.19. The first-order chi connectivity index (χ1) is 22.6.